The van der Waals surface area contributed by atoms with Crippen LogP contribution in [0.3, 0.4) is 0 Å². The minimum absolute atomic E-state index is 0.472. The van der Waals surface area contributed by atoms with Gasteiger partial charge in [-0.15, -0.1) is 0 Å². The number of aryl methyl sites for hydroxylation is 1. The fourth-order valence-corrected chi connectivity index (χ4v) is 2.94. The van der Waals surface area contributed by atoms with Crippen molar-refractivity contribution < 1.29 is 19.2 Å². The van der Waals surface area contributed by atoms with Crippen LogP contribution in [0.2, 0.25) is 6.32 Å². The predicted octanol–water partition coefficient (Wildman–Crippen LogP) is 3.57. The second-order valence-corrected chi connectivity index (χ2v) is 5.81. The molecule has 0 aliphatic carbocycles. The molecule has 0 radical (unpaired) electrons. The Hall–Kier alpha value is -2.47. The first-order valence-corrected chi connectivity index (χ1v) is 8.49. The van der Waals surface area contributed by atoms with Crippen LogP contribution in [0.5, 0.6) is 11.5 Å². The quantitative estimate of drug-likeness (QED) is 0.816. The molecule has 25 heavy (non-hydrogen) atoms. The highest BCUT2D eigenvalue weighted by Crippen LogP contribution is 2.35. The van der Waals surface area contributed by atoms with E-state index in [0.29, 0.717) is 24.4 Å². The van der Waals surface area contributed by atoms with E-state index in [0.717, 1.165) is 34.4 Å². The number of rotatable bonds is 6. The van der Waals surface area contributed by atoms with Crippen LogP contribution < -0.4 is 9.47 Å². The van der Waals surface area contributed by atoms with Gasteiger partial charge in [0, 0.05) is 23.8 Å². The first kappa shape index (κ1) is 17.4. The fourth-order valence-electron chi connectivity index (χ4n) is 2.94. The van der Waals surface area contributed by atoms with E-state index in [-0.39, 0.29) is 0 Å². The summed E-state index contributed by atoms with van der Waals surface area (Å²) in [6.45, 7) is 4.60. The van der Waals surface area contributed by atoms with Crippen LogP contribution in [0.1, 0.15) is 25.1 Å². The van der Waals surface area contributed by atoms with Crippen LogP contribution in [0.4, 0.5) is 0 Å². The van der Waals surface area contributed by atoms with Crippen LogP contribution in [0, 0.1) is 0 Å². The molecule has 0 unspecified atom stereocenters. The van der Waals surface area contributed by atoms with Gasteiger partial charge in [-0.05, 0) is 48.2 Å². The number of ether oxygens (including phenoxy) is 2. The minimum atomic E-state index is -0.769. The monoisotopic (exact) mass is 339 g/mol. The topological polar surface area (TPSA) is 60.8 Å². The first-order valence-electron chi connectivity index (χ1n) is 8.49. The number of nitrogens with zero attached hydrogens (tertiary/aromatic N) is 1. The van der Waals surface area contributed by atoms with Gasteiger partial charge in [0.2, 0.25) is 0 Å². The number of allylic oxidation sites excluding steroid dienone is 1. The molecule has 130 valence electrons. The molecule has 0 bridgehead atoms. The number of hydrogen-bond donors (Lipinski definition) is 1. The molecule has 1 aliphatic rings. The van der Waals surface area contributed by atoms with Gasteiger partial charge in [-0.3, -0.25) is 4.98 Å². The van der Waals surface area contributed by atoms with E-state index in [1.807, 2.05) is 31.3 Å². The largest absolute Gasteiger partial charge is 0.542 e. The molecule has 0 saturated heterocycles. The molecule has 1 N–H and O–H groups in total. The summed E-state index contributed by atoms with van der Waals surface area (Å²) < 4.78 is 16.2. The molecule has 1 aromatic heterocycles. The molecular formula is C19H22BNO4. The number of methoxy groups -OCH3 is 1. The third kappa shape index (κ3) is 3.64. The van der Waals surface area contributed by atoms with Crippen molar-refractivity contribution in [3.63, 3.8) is 0 Å². The average molecular weight is 339 g/mol. The zero-order valence-corrected chi connectivity index (χ0v) is 14.8. The molecule has 0 atom stereocenters. The van der Waals surface area contributed by atoms with Gasteiger partial charge in [0.15, 0.2) is 11.5 Å². The molecule has 1 aliphatic heterocycles. The van der Waals surface area contributed by atoms with Crippen molar-refractivity contribution in [3.8, 4) is 22.6 Å². The lowest BCUT2D eigenvalue weighted by Crippen LogP contribution is -2.08. The van der Waals surface area contributed by atoms with Crippen molar-refractivity contribution in [1.29, 1.82) is 0 Å². The Morgan fingerprint density at radius 1 is 1.20 bits per heavy atom. The SMILES string of the molecule is CCOc1cc(-c2cc(C3=COB(O)C3)cnc2CC)ccc1OC. The van der Waals surface area contributed by atoms with Gasteiger partial charge in [-0.25, -0.2) is 0 Å². The van der Waals surface area contributed by atoms with Gasteiger partial charge in [0.1, 0.15) is 0 Å². The van der Waals surface area contributed by atoms with E-state index >= 15 is 0 Å². The van der Waals surface area contributed by atoms with E-state index in [2.05, 4.69) is 18.0 Å². The zero-order valence-electron chi connectivity index (χ0n) is 14.8. The molecule has 0 fully saturated rings. The van der Waals surface area contributed by atoms with Gasteiger partial charge >= 0.3 is 7.12 Å². The molecule has 2 heterocycles. The van der Waals surface area contributed by atoms with E-state index in [4.69, 9.17) is 14.1 Å². The Morgan fingerprint density at radius 3 is 2.68 bits per heavy atom. The van der Waals surface area contributed by atoms with E-state index in [1.165, 1.54) is 0 Å². The van der Waals surface area contributed by atoms with E-state index in [1.54, 1.807) is 13.4 Å². The molecule has 3 rings (SSSR count). The predicted molar refractivity (Wildman–Crippen MR) is 98.6 cm³/mol. The maximum Gasteiger partial charge on any atom is 0.526 e. The molecular weight excluding hydrogens is 317 g/mol. The average Bonchev–Trinajstić information content (AvgIpc) is 3.08. The third-order valence-corrected chi connectivity index (χ3v) is 4.21. The Balaban J connectivity index is 2.04. The maximum absolute atomic E-state index is 9.58. The Kier molecular flexibility index (Phi) is 5.29. The second-order valence-electron chi connectivity index (χ2n) is 5.81. The van der Waals surface area contributed by atoms with Crippen LogP contribution >= 0.6 is 0 Å². The smallest absolute Gasteiger partial charge is 0.526 e. The molecule has 0 saturated carbocycles. The first-order chi connectivity index (χ1) is 12.2. The number of aromatic nitrogens is 1. The molecule has 0 amide bonds. The summed E-state index contributed by atoms with van der Waals surface area (Å²) in [5.41, 5.74) is 4.98. The van der Waals surface area contributed by atoms with E-state index < -0.39 is 7.12 Å². The number of hydrogen-bond acceptors (Lipinski definition) is 5. The lowest BCUT2D eigenvalue weighted by atomic mass is 9.82. The zero-order chi connectivity index (χ0) is 17.8. The fraction of sp³-hybridized carbons (Fsp3) is 0.316. The maximum atomic E-state index is 9.58. The summed E-state index contributed by atoms with van der Waals surface area (Å²) in [4.78, 5) is 4.61. The van der Waals surface area contributed by atoms with Gasteiger partial charge < -0.3 is 19.2 Å². The molecule has 2 aromatic rings. The number of benzene rings is 1. The van der Waals surface area contributed by atoms with Crippen molar-refractivity contribution >= 4 is 12.7 Å². The van der Waals surface area contributed by atoms with Gasteiger partial charge in [-0.2, -0.15) is 0 Å². The van der Waals surface area contributed by atoms with Crippen molar-refractivity contribution in [2.24, 2.45) is 0 Å². The highest BCUT2D eigenvalue weighted by Gasteiger charge is 2.24. The number of pyridine rings is 1. The van der Waals surface area contributed by atoms with Crippen LogP contribution in [-0.4, -0.2) is 30.8 Å². The molecule has 6 heteroatoms. The van der Waals surface area contributed by atoms with Gasteiger partial charge in [0.05, 0.1) is 20.0 Å². The summed E-state index contributed by atoms with van der Waals surface area (Å²) in [6.07, 6.45) is 4.74. The normalized spacial score (nSPS) is 13.4. The third-order valence-electron chi connectivity index (χ3n) is 4.21. The highest BCUT2D eigenvalue weighted by molar-refractivity contribution is 6.47. The Bertz CT molecular complexity index is 791. The minimum Gasteiger partial charge on any atom is -0.542 e. The highest BCUT2D eigenvalue weighted by atomic mass is 16.5. The lowest BCUT2D eigenvalue weighted by Gasteiger charge is -2.14. The van der Waals surface area contributed by atoms with E-state index in [9.17, 15) is 5.02 Å². The summed E-state index contributed by atoms with van der Waals surface area (Å²) in [7, 11) is 0.865. The van der Waals surface area contributed by atoms with Gasteiger partial charge in [0.25, 0.3) is 0 Å². The van der Waals surface area contributed by atoms with Crippen molar-refractivity contribution in [2.45, 2.75) is 26.6 Å². The standard InChI is InChI=1S/C19H22BNO4/c1-4-17-16(8-14(11-21-17)15-10-20(22)25-12-15)13-6-7-18(23-3)19(9-13)24-5-2/h6-9,11-12,22H,4-5,10H2,1-3H3. The lowest BCUT2D eigenvalue weighted by molar-refractivity contribution is 0.311. The second kappa shape index (κ2) is 7.61. The Morgan fingerprint density at radius 2 is 2.04 bits per heavy atom. The summed E-state index contributed by atoms with van der Waals surface area (Å²) in [5, 5.41) is 9.58. The molecule has 0 spiro atoms. The summed E-state index contributed by atoms with van der Waals surface area (Å²) >= 11 is 0. The van der Waals surface area contributed by atoms with Crippen LogP contribution in [-0.2, 0) is 11.1 Å². The van der Waals surface area contributed by atoms with Gasteiger partial charge in [-0.1, -0.05) is 13.0 Å². The molecule has 1 aromatic carbocycles. The molecule has 5 nitrogen and oxygen atoms in total. The van der Waals surface area contributed by atoms with Crippen LogP contribution in [0.15, 0.2) is 36.7 Å². The summed E-state index contributed by atoms with van der Waals surface area (Å²) in [5.74, 6) is 1.43. The van der Waals surface area contributed by atoms with Crippen molar-refractivity contribution in [1.82, 2.24) is 4.98 Å². The van der Waals surface area contributed by atoms with Crippen molar-refractivity contribution in [2.75, 3.05) is 13.7 Å². The van der Waals surface area contributed by atoms with Crippen molar-refractivity contribution in [3.05, 3.63) is 48.0 Å². The summed E-state index contributed by atoms with van der Waals surface area (Å²) in [6, 6.07) is 8.00. The Labute approximate surface area is 148 Å². The van der Waals surface area contributed by atoms with Crippen LogP contribution in [0.25, 0.3) is 16.7 Å².